The van der Waals surface area contributed by atoms with Gasteiger partial charge in [0.25, 0.3) is 0 Å². The summed E-state index contributed by atoms with van der Waals surface area (Å²) in [5, 5.41) is 3.37. The van der Waals surface area contributed by atoms with Gasteiger partial charge in [-0.1, -0.05) is 13.3 Å². The summed E-state index contributed by atoms with van der Waals surface area (Å²) in [5.41, 5.74) is 0. The molecule has 106 valence electrons. The zero-order chi connectivity index (χ0) is 13.2. The molecule has 1 aliphatic heterocycles. The van der Waals surface area contributed by atoms with Gasteiger partial charge in [-0.3, -0.25) is 4.90 Å². The van der Waals surface area contributed by atoms with E-state index in [-0.39, 0.29) is 11.3 Å². The molecule has 2 fully saturated rings. The Morgan fingerprint density at radius 2 is 2.00 bits per heavy atom. The smallest absolute Gasteiger partial charge is 0.151 e. The van der Waals surface area contributed by atoms with Crippen LogP contribution in [0, 0.1) is 0 Å². The molecule has 2 aliphatic rings. The van der Waals surface area contributed by atoms with Crippen molar-refractivity contribution in [3.63, 3.8) is 0 Å². The predicted molar refractivity (Wildman–Crippen MR) is 74.5 cm³/mol. The number of nitrogens with zero attached hydrogens (tertiary/aromatic N) is 1. The van der Waals surface area contributed by atoms with Crippen LogP contribution in [0.5, 0.6) is 0 Å². The standard InChI is InChI=1S/C13H26N2O2S/c1-3-15(10-11-6-5-9-14-11)12-7-4-8-13(12)18(2,16)17/h11-14H,3-10H2,1-2H3. The molecule has 2 rings (SSSR count). The fourth-order valence-corrected chi connectivity index (χ4v) is 4.99. The minimum atomic E-state index is -2.90. The van der Waals surface area contributed by atoms with Crippen molar-refractivity contribution in [1.29, 1.82) is 0 Å². The van der Waals surface area contributed by atoms with E-state index in [9.17, 15) is 8.42 Å². The zero-order valence-corrected chi connectivity index (χ0v) is 12.4. The third-order valence-electron chi connectivity index (χ3n) is 4.46. The van der Waals surface area contributed by atoms with Gasteiger partial charge < -0.3 is 5.32 Å². The minimum Gasteiger partial charge on any atom is -0.313 e. The van der Waals surface area contributed by atoms with Crippen LogP contribution in [0.3, 0.4) is 0 Å². The average molecular weight is 274 g/mol. The lowest BCUT2D eigenvalue weighted by Gasteiger charge is -2.33. The monoisotopic (exact) mass is 274 g/mol. The van der Waals surface area contributed by atoms with Crippen molar-refractivity contribution in [2.24, 2.45) is 0 Å². The second kappa shape index (κ2) is 5.88. The molecular formula is C13H26N2O2S. The fourth-order valence-electron chi connectivity index (χ4n) is 3.52. The molecule has 0 amide bonds. The highest BCUT2D eigenvalue weighted by Gasteiger charge is 2.38. The van der Waals surface area contributed by atoms with Gasteiger partial charge in [0, 0.05) is 24.9 Å². The molecule has 1 aliphatic carbocycles. The van der Waals surface area contributed by atoms with E-state index in [1.165, 1.54) is 19.1 Å². The van der Waals surface area contributed by atoms with Crippen LogP contribution in [0.1, 0.15) is 39.0 Å². The molecule has 4 nitrogen and oxygen atoms in total. The molecule has 18 heavy (non-hydrogen) atoms. The molecule has 3 unspecified atom stereocenters. The van der Waals surface area contributed by atoms with E-state index in [4.69, 9.17) is 0 Å². The van der Waals surface area contributed by atoms with Gasteiger partial charge in [0.15, 0.2) is 9.84 Å². The van der Waals surface area contributed by atoms with Crippen molar-refractivity contribution in [1.82, 2.24) is 10.2 Å². The van der Waals surface area contributed by atoms with Crippen LogP contribution in [-0.4, -0.2) is 56.5 Å². The number of hydrogen-bond acceptors (Lipinski definition) is 4. The second-order valence-electron chi connectivity index (χ2n) is 5.75. The maximum Gasteiger partial charge on any atom is 0.151 e. The number of hydrogen-bond donors (Lipinski definition) is 1. The van der Waals surface area contributed by atoms with Crippen LogP contribution in [0.15, 0.2) is 0 Å². The van der Waals surface area contributed by atoms with Crippen molar-refractivity contribution in [2.75, 3.05) is 25.9 Å². The summed E-state index contributed by atoms with van der Waals surface area (Å²) < 4.78 is 23.7. The molecule has 0 aromatic heterocycles. The summed E-state index contributed by atoms with van der Waals surface area (Å²) in [6, 6.07) is 0.804. The van der Waals surface area contributed by atoms with Gasteiger partial charge in [-0.15, -0.1) is 0 Å². The molecule has 1 N–H and O–H groups in total. The lowest BCUT2D eigenvalue weighted by molar-refractivity contribution is 0.192. The molecule has 0 aromatic carbocycles. The Morgan fingerprint density at radius 3 is 2.56 bits per heavy atom. The number of likely N-dealkylation sites (N-methyl/N-ethyl adjacent to an activating group) is 1. The highest BCUT2D eigenvalue weighted by atomic mass is 32.2. The predicted octanol–water partition coefficient (Wildman–Crippen LogP) is 1.03. The van der Waals surface area contributed by atoms with Gasteiger partial charge >= 0.3 is 0 Å². The third-order valence-corrected chi connectivity index (χ3v) is 6.11. The highest BCUT2D eigenvalue weighted by Crippen LogP contribution is 2.29. The molecule has 5 heteroatoms. The third kappa shape index (κ3) is 3.25. The first-order valence-electron chi connectivity index (χ1n) is 7.18. The Morgan fingerprint density at radius 1 is 1.22 bits per heavy atom. The second-order valence-corrected chi connectivity index (χ2v) is 8.01. The van der Waals surface area contributed by atoms with Crippen LogP contribution in [0.4, 0.5) is 0 Å². The maximum absolute atomic E-state index is 11.9. The Bertz CT molecular complexity index is 363. The molecule has 3 atom stereocenters. The van der Waals surface area contributed by atoms with E-state index >= 15 is 0 Å². The van der Waals surface area contributed by atoms with Crippen molar-refractivity contribution < 1.29 is 8.42 Å². The molecule has 1 heterocycles. The van der Waals surface area contributed by atoms with Crippen LogP contribution in [0.2, 0.25) is 0 Å². The summed E-state index contributed by atoms with van der Waals surface area (Å²) in [6.07, 6.45) is 6.82. The first kappa shape index (κ1) is 14.3. The summed E-state index contributed by atoms with van der Waals surface area (Å²) in [6.45, 7) is 5.22. The zero-order valence-electron chi connectivity index (χ0n) is 11.6. The Kier molecular flexibility index (Phi) is 4.67. The Balaban J connectivity index is 2.01. The van der Waals surface area contributed by atoms with Gasteiger partial charge in [-0.25, -0.2) is 8.42 Å². The number of rotatable bonds is 5. The number of nitrogens with one attached hydrogen (secondary N) is 1. The van der Waals surface area contributed by atoms with E-state index < -0.39 is 9.84 Å². The normalized spacial score (nSPS) is 33.4. The van der Waals surface area contributed by atoms with Gasteiger partial charge in [0.1, 0.15) is 0 Å². The van der Waals surface area contributed by atoms with Crippen LogP contribution >= 0.6 is 0 Å². The summed E-state index contributed by atoms with van der Waals surface area (Å²) in [5.74, 6) is 0. The minimum absolute atomic E-state index is 0.140. The van der Waals surface area contributed by atoms with Gasteiger partial charge in [0.2, 0.25) is 0 Å². The fraction of sp³-hybridized carbons (Fsp3) is 1.00. The van der Waals surface area contributed by atoms with E-state index in [0.717, 1.165) is 38.9 Å². The van der Waals surface area contributed by atoms with Crippen molar-refractivity contribution in [3.05, 3.63) is 0 Å². The Hall–Kier alpha value is -0.130. The lowest BCUT2D eigenvalue weighted by Crippen LogP contribution is -2.48. The molecule has 1 saturated heterocycles. The van der Waals surface area contributed by atoms with E-state index in [1.54, 1.807) is 0 Å². The van der Waals surface area contributed by atoms with E-state index in [1.807, 2.05) is 0 Å². The van der Waals surface area contributed by atoms with Crippen molar-refractivity contribution >= 4 is 9.84 Å². The largest absolute Gasteiger partial charge is 0.313 e. The topological polar surface area (TPSA) is 49.4 Å². The summed E-state index contributed by atoms with van der Waals surface area (Å²) in [4.78, 5) is 2.39. The first-order chi connectivity index (χ1) is 8.52. The molecular weight excluding hydrogens is 248 g/mol. The summed E-state index contributed by atoms with van der Waals surface area (Å²) in [7, 11) is -2.90. The molecule has 0 radical (unpaired) electrons. The molecule has 0 aromatic rings. The lowest BCUT2D eigenvalue weighted by atomic mass is 10.1. The van der Waals surface area contributed by atoms with Crippen LogP contribution < -0.4 is 5.32 Å². The maximum atomic E-state index is 11.9. The van der Waals surface area contributed by atoms with Crippen LogP contribution in [-0.2, 0) is 9.84 Å². The quantitative estimate of drug-likeness (QED) is 0.813. The Labute approximate surface area is 111 Å². The van der Waals surface area contributed by atoms with Crippen molar-refractivity contribution in [2.45, 2.75) is 56.4 Å². The average Bonchev–Trinajstić information content (AvgIpc) is 2.95. The van der Waals surface area contributed by atoms with Gasteiger partial charge in [-0.05, 0) is 38.8 Å². The van der Waals surface area contributed by atoms with Crippen molar-refractivity contribution in [3.8, 4) is 0 Å². The number of sulfone groups is 1. The highest BCUT2D eigenvalue weighted by molar-refractivity contribution is 7.91. The molecule has 0 spiro atoms. The van der Waals surface area contributed by atoms with Crippen LogP contribution in [0.25, 0.3) is 0 Å². The van der Waals surface area contributed by atoms with Gasteiger partial charge in [-0.2, -0.15) is 0 Å². The molecule has 0 bridgehead atoms. The SMILES string of the molecule is CCN(CC1CCCN1)C1CCCC1S(C)(=O)=O. The molecule has 1 saturated carbocycles. The first-order valence-corrected chi connectivity index (χ1v) is 9.14. The van der Waals surface area contributed by atoms with Gasteiger partial charge in [0.05, 0.1) is 5.25 Å². The van der Waals surface area contributed by atoms with E-state index in [0.29, 0.717) is 6.04 Å². The van der Waals surface area contributed by atoms with E-state index in [2.05, 4.69) is 17.1 Å². The summed E-state index contributed by atoms with van der Waals surface area (Å²) >= 11 is 0.